The van der Waals surface area contributed by atoms with Crippen molar-refractivity contribution < 1.29 is 29.0 Å². The van der Waals surface area contributed by atoms with Crippen molar-refractivity contribution in [2.45, 2.75) is 78.4 Å². The molecule has 0 aliphatic heterocycles. The van der Waals surface area contributed by atoms with E-state index in [1.807, 2.05) is 44.2 Å². The molecule has 0 aromatic heterocycles. The Morgan fingerprint density at radius 1 is 1.03 bits per heavy atom. The summed E-state index contributed by atoms with van der Waals surface area (Å²) in [7, 11) is 0. The molecule has 1 aromatic carbocycles. The predicted octanol–water partition coefficient (Wildman–Crippen LogP) is 2.53. The van der Waals surface area contributed by atoms with E-state index in [0.717, 1.165) is 5.56 Å². The molecule has 168 valence electrons. The topological polar surface area (TPSA) is 114 Å². The fourth-order valence-electron chi connectivity index (χ4n) is 2.62. The number of ether oxygens (including phenoxy) is 2. The van der Waals surface area contributed by atoms with Crippen LogP contribution in [-0.4, -0.2) is 46.9 Å². The highest BCUT2D eigenvalue weighted by molar-refractivity contribution is 5.90. The largest absolute Gasteiger partial charge is 0.459 e. The van der Waals surface area contributed by atoms with E-state index in [1.165, 1.54) is 6.92 Å². The summed E-state index contributed by atoms with van der Waals surface area (Å²) in [4.78, 5) is 37.3. The van der Waals surface area contributed by atoms with Crippen LogP contribution in [0.1, 0.15) is 53.5 Å². The van der Waals surface area contributed by atoms with Crippen molar-refractivity contribution in [2.75, 3.05) is 0 Å². The van der Waals surface area contributed by atoms with Gasteiger partial charge in [0.1, 0.15) is 24.3 Å². The van der Waals surface area contributed by atoms with E-state index in [1.54, 1.807) is 20.8 Å². The normalized spacial score (nSPS) is 14.4. The standard InChI is InChI=1S/C22H34N2O6/c1-14(2)12-17(20(27)29-13-16-10-8-7-9-11-16)23-19(26)18(15(3)25)24-21(28)30-22(4,5)6/h7-11,14-15,17-18,25H,12-13H2,1-6H3,(H,23,26)(H,24,28). The molecule has 2 amide bonds. The Balaban J connectivity index is 2.80. The number of hydrogen-bond donors (Lipinski definition) is 3. The summed E-state index contributed by atoms with van der Waals surface area (Å²) >= 11 is 0. The Labute approximate surface area is 178 Å². The molecule has 0 radical (unpaired) electrons. The second-order valence-corrected chi connectivity index (χ2v) is 8.65. The third kappa shape index (κ3) is 9.73. The highest BCUT2D eigenvalue weighted by Gasteiger charge is 2.32. The van der Waals surface area contributed by atoms with Crippen molar-refractivity contribution in [2.24, 2.45) is 5.92 Å². The van der Waals surface area contributed by atoms with Crippen molar-refractivity contribution >= 4 is 18.0 Å². The lowest BCUT2D eigenvalue weighted by atomic mass is 10.0. The molecule has 0 aliphatic carbocycles. The lowest BCUT2D eigenvalue weighted by molar-refractivity contribution is -0.150. The fraction of sp³-hybridized carbons (Fsp3) is 0.591. The molecule has 0 aliphatic rings. The van der Waals surface area contributed by atoms with Crippen LogP contribution in [0, 0.1) is 5.92 Å². The number of carbonyl (C=O) groups is 3. The third-order valence-corrected chi connectivity index (χ3v) is 3.97. The first-order chi connectivity index (χ1) is 13.9. The van der Waals surface area contributed by atoms with Crippen LogP contribution in [0.25, 0.3) is 0 Å². The van der Waals surface area contributed by atoms with E-state index in [2.05, 4.69) is 10.6 Å². The zero-order valence-corrected chi connectivity index (χ0v) is 18.6. The van der Waals surface area contributed by atoms with Gasteiger partial charge in [-0.3, -0.25) is 4.79 Å². The SMILES string of the molecule is CC(C)CC(NC(=O)C(NC(=O)OC(C)(C)C)C(C)O)C(=O)OCc1ccccc1. The maximum absolute atomic E-state index is 12.7. The van der Waals surface area contributed by atoms with Crippen LogP contribution in [0.4, 0.5) is 4.79 Å². The number of benzene rings is 1. The van der Waals surface area contributed by atoms with Crippen LogP contribution in [0.5, 0.6) is 0 Å². The van der Waals surface area contributed by atoms with Gasteiger partial charge in [-0.25, -0.2) is 9.59 Å². The summed E-state index contributed by atoms with van der Waals surface area (Å²) in [6.07, 6.45) is -1.69. The minimum atomic E-state index is -1.28. The monoisotopic (exact) mass is 422 g/mol. The minimum Gasteiger partial charge on any atom is -0.459 e. The van der Waals surface area contributed by atoms with Gasteiger partial charge in [0.2, 0.25) is 5.91 Å². The van der Waals surface area contributed by atoms with Crippen LogP contribution in [0.15, 0.2) is 30.3 Å². The van der Waals surface area contributed by atoms with E-state index >= 15 is 0 Å². The molecule has 30 heavy (non-hydrogen) atoms. The number of esters is 1. The fourth-order valence-corrected chi connectivity index (χ4v) is 2.62. The highest BCUT2D eigenvalue weighted by atomic mass is 16.6. The van der Waals surface area contributed by atoms with Gasteiger partial charge < -0.3 is 25.2 Å². The number of aliphatic hydroxyl groups is 1. The Hall–Kier alpha value is -2.61. The lowest BCUT2D eigenvalue weighted by Gasteiger charge is -2.26. The van der Waals surface area contributed by atoms with E-state index in [0.29, 0.717) is 6.42 Å². The van der Waals surface area contributed by atoms with Crippen molar-refractivity contribution in [3.8, 4) is 0 Å². The van der Waals surface area contributed by atoms with Gasteiger partial charge >= 0.3 is 12.1 Å². The molecule has 0 saturated carbocycles. The molecule has 0 fully saturated rings. The van der Waals surface area contributed by atoms with E-state index in [-0.39, 0.29) is 12.5 Å². The van der Waals surface area contributed by atoms with E-state index < -0.39 is 41.8 Å². The summed E-state index contributed by atoms with van der Waals surface area (Å²) in [5, 5.41) is 14.9. The predicted molar refractivity (Wildman–Crippen MR) is 112 cm³/mol. The number of hydrogen-bond acceptors (Lipinski definition) is 6. The molecule has 8 heteroatoms. The molecular formula is C22H34N2O6. The summed E-state index contributed by atoms with van der Waals surface area (Å²) in [5.74, 6) is -1.18. The summed E-state index contributed by atoms with van der Waals surface area (Å²) < 4.78 is 10.5. The molecule has 3 N–H and O–H groups in total. The molecule has 1 rings (SSSR count). The number of aliphatic hydroxyl groups excluding tert-OH is 1. The summed E-state index contributed by atoms with van der Waals surface area (Å²) in [6.45, 7) is 10.3. The number of rotatable bonds is 9. The Kier molecular flexibility index (Phi) is 9.78. The zero-order chi connectivity index (χ0) is 22.9. The van der Waals surface area contributed by atoms with Gasteiger partial charge in [-0.05, 0) is 45.6 Å². The molecule has 3 atom stereocenters. The number of amides is 2. The van der Waals surface area contributed by atoms with Crippen molar-refractivity contribution in [3.05, 3.63) is 35.9 Å². The Morgan fingerprint density at radius 2 is 1.63 bits per heavy atom. The summed E-state index contributed by atoms with van der Waals surface area (Å²) in [5.41, 5.74) is 0.0690. The van der Waals surface area contributed by atoms with Gasteiger partial charge in [-0.1, -0.05) is 44.2 Å². The van der Waals surface area contributed by atoms with Crippen molar-refractivity contribution in [1.82, 2.24) is 10.6 Å². The van der Waals surface area contributed by atoms with Gasteiger partial charge in [-0.2, -0.15) is 0 Å². The van der Waals surface area contributed by atoms with E-state index in [4.69, 9.17) is 9.47 Å². The average molecular weight is 423 g/mol. The molecule has 3 unspecified atom stereocenters. The van der Waals surface area contributed by atoms with Crippen LogP contribution in [0.3, 0.4) is 0 Å². The van der Waals surface area contributed by atoms with Gasteiger partial charge in [0.25, 0.3) is 0 Å². The smallest absolute Gasteiger partial charge is 0.408 e. The molecule has 0 bridgehead atoms. The summed E-state index contributed by atoms with van der Waals surface area (Å²) in [6, 6.07) is 7.01. The first-order valence-electron chi connectivity index (χ1n) is 10.1. The molecular weight excluding hydrogens is 388 g/mol. The Morgan fingerprint density at radius 3 is 2.13 bits per heavy atom. The first-order valence-corrected chi connectivity index (χ1v) is 10.1. The maximum Gasteiger partial charge on any atom is 0.408 e. The highest BCUT2D eigenvalue weighted by Crippen LogP contribution is 2.11. The van der Waals surface area contributed by atoms with E-state index in [9.17, 15) is 19.5 Å². The molecule has 0 spiro atoms. The molecule has 0 heterocycles. The van der Waals surface area contributed by atoms with Gasteiger partial charge in [-0.15, -0.1) is 0 Å². The quantitative estimate of drug-likeness (QED) is 0.527. The molecule has 1 aromatic rings. The van der Waals surface area contributed by atoms with Gasteiger partial charge in [0, 0.05) is 0 Å². The van der Waals surface area contributed by atoms with Crippen molar-refractivity contribution in [3.63, 3.8) is 0 Å². The lowest BCUT2D eigenvalue weighted by Crippen LogP contribution is -2.56. The molecule has 0 saturated heterocycles. The zero-order valence-electron chi connectivity index (χ0n) is 18.6. The van der Waals surface area contributed by atoms with Crippen molar-refractivity contribution in [1.29, 1.82) is 0 Å². The van der Waals surface area contributed by atoms with Crippen LogP contribution < -0.4 is 10.6 Å². The molecule has 8 nitrogen and oxygen atoms in total. The second-order valence-electron chi connectivity index (χ2n) is 8.65. The number of nitrogens with one attached hydrogen (secondary N) is 2. The number of carbonyl (C=O) groups excluding carboxylic acids is 3. The maximum atomic E-state index is 12.7. The average Bonchev–Trinajstić information content (AvgIpc) is 2.62. The van der Waals surface area contributed by atoms with Crippen LogP contribution in [-0.2, 0) is 25.7 Å². The van der Waals surface area contributed by atoms with Gasteiger partial charge in [0.15, 0.2) is 0 Å². The number of alkyl carbamates (subject to hydrolysis) is 1. The first kappa shape index (κ1) is 25.4. The van der Waals surface area contributed by atoms with Gasteiger partial charge in [0.05, 0.1) is 6.10 Å². The minimum absolute atomic E-state index is 0.0835. The second kappa shape index (κ2) is 11.5. The Bertz CT molecular complexity index is 697. The third-order valence-electron chi connectivity index (χ3n) is 3.97. The van der Waals surface area contributed by atoms with Crippen LogP contribution in [0.2, 0.25) is 0 Å². The van der Waals surface area contributed by atoms with Crippen LogP contribution >= 0.6 is 0 Å².